The third-order valence-corrected chi connectivity index (χ3v) is 1.62. The van der Waals surface area contributed by atoms with Crippen LogP contribution in [0, 0.1) is 0 Å². The number of nitrogens with zero attached hydrogens (tertiary/aromatic N) is 1. The second-order valence-corrected chi connectivity index (χ2v) is 2.33. The maximum atomic E-state index is 9.20. The summed E-state index contributed by atoms with van der Waals surface area (Å²) in [5.41, 5.74) is 1.72. The van der Waals surface area contributed by atoms with Crippen LogP contribution in [0.25, 0.3) is 0 Å². The number of benzene rings is 1. The van der Waals surface area contributed by atoms with Crippen molar-refractivity contribution in [1.82, 2.24) is 0 Å². The van der Waals surface area contributed by atoms with Crippen molar-refractivity contribution in [3.63, 3.8) is 0 Å². The zero-order chi connectivity index (χ0) is 8.27. The summed E-state index contributed by atoms with van der Waals surface area (Å²) in [7, 11) is 0. The molecule has 0 spiro atoms. The van der Waals surface area contributed by atoms with Crippen LogP contribution < -0.4 is 0 Å². The van der Waals surface area contributed by atoms with Crippen LogP contribution in [0.1, 0.15) is 12.5 Å². The van der Waals surface area contributed by atoms with Gasteiger partial charge in [0.15, 0.2) is 0 Å². The first-order valence-electron chi connectivity index (χ1n) is 3.56. The Kier molecular flexibility index (Phi) is 2.26. The molecule has 11 heavy (non-hydrogen) atoms. The molecule has 2 heteroatoms. The first-order chi connectivity index (χ1) is 5.27. The Labute approximate surface area is 66.2 Å². The molecule has 0 radical (unpaired) electrons. The normalized spacial score (nSPS) is 9.55. The van der Waals surface area contributed by atoms with Crippen molar-refractivity contribution in [3.8, 4) is 5.75 Å². The van der Waals surface area contributed by atoms with E-state index in [0.717, 1.165) is 12.0 Å². The summed E-state index contributed by atoms with van der Waals surface area (Å²) < 4.78 is 0. The minimum absolute atomic E-state index is 0.192. The lowest BCUT2D eigenvalue weighted by Gasteiger charge is -2.00. The van der Waals surface area contributed by atoms with Crippen LogP contribution >= 0.6 is 0 Å². The SMILES string of the molecule is C=Nc1cc(CC)ccc1O. The van der Waals surface area contributed by atoms with Gasteiger partial charge in [-0.15, -0.1) is 0 Å². The van der Waals surface area contributed by atoms with Gasteiger partial charge in [-0.25, -0.2) is 0 Å². The number of rotatable bonds is 2. The largest absolute Gasteiger partial charge is 0.506 e. The maximum Gasteiger partial charge on any atom is 0.141 e. The molecule has 2 nitrogen and oxygen atoms in total. The second-order valence-electron chi connectivity index (χ2n) is 2.33. The van der Waals surface area contributed by atoms with Gasteiger partial charge in [0.1, 0.15) is 11.4 Å². The van der Waals surface area contributed by atoms with Crippen LogP contribution in [0.4, 0.5) is 5.69 Å². The molecular formula is C9H11NO. The van der Waals surface area contributed by atoms with E-state index < -0.39 is 0 Å². The highest BCUT2D eigenvalue weighted by Crippen LogP contribution is 2.26. The van der Waals surface area contributed by atoms with Crippen molar-refractivity contribution in [2.24, 2.45) is 4.99 Å². The molecule has 1 aromatic carbocycles. The fourth-order valence-electron chi connectivity index (χ4n) is 0.916. The van der Waals surface area contributed by atoms with Gasteiger partial charge in [0, 0.05) is 0 Å². The Morgan fingerprint density at radius 2 is 2.27 bits per heavy atom. The average Bonchev–Trinajstić information content (AvgIpc) is 2.05. The summed E-state index contributed by atoms with van der Waals surface area (Å²) in [5.74, 6) is 0.192. The van der Waals surface area contributed by atoms with Gasteiger partial charge in [0.2, 0.25) is 0 Å². The van der Waals surface area contributed by atoms with Crippen LogP contribution in [0.3, 0.4) is 0 Å². The minimum Gasteiger partial charge on any atom is -0.506 e. The van der Waals surface area contributed by atoms with Gasteiger partial charge >= 0.3 is 0 Å². The summed E-state index contributed by atoms with van der Waals surface area (Å²) in [5, 5.41) is 9.20. The molecule has 0 unspecified atom stereocenters. The van der Waals surface area contributed by atoms with Crippen LogP contribution in [0.2, 0.25) is 0 Å². The minimum atomic E-state index is 0.192. The number of hydrogen-bond acceptors (Lipinski definition) is 2. The van der Waals surface area contributed by atoms with Crippen LogP contribution in [-0.4, -0.2) is 11.8 Å². The Bertz CT molecular complexity index is 268. The van der Waals surface area contributed by atoms with Crippen molar-refractivity contribution >= 4 is 12.4 Å². The number of hydrogen-bond donors (Lipinski definition) is 1. The highest BCUT2D eigenvalue weighted by Gasteiger charge is 1.97. The lowest BCUT2D eigenvalue weighted by atomic mass is 10.1. The maximum absolute atomic E-state index is 9.20. The monoisotopic (exact) mass is 149 g/mol. The molecule has 0 atom stereocenters. The number of aryl methyl sites for hydroxylation is 1. The quantitative estimate of drug-likeness (QED) is 0.643. The van der Waals surface area contributed by atoms with E-state index in [-0.39, 0.29) is 5.75 Å². The molecule has 0 aliphatic heterocycles. The summed E-state index contributed by atoms with van der Waals surface area (Å²) in [4.78, 5) is 3.68. The van der Waals surface area contributed by atoms with Crippen LogP contribution in [0.5, 0.6) is 5.75 Å². The Morgan fingerprint density at radius 3 is 2.82 bits per heavy atom. The summed E-state index contributed by atoms with van der Waals surface area (Å²) >= 11 is 0. The van der Waals surface area contributed by atoms with Crippen LogP contribution in [-0.2, 0) is 6.42 Å². The molecule has 0 saturated heterocycles. The van der Waals surface area contributed by atoms with Crippen molar-refractivity contribution in [1.29, 1.82) is 0 Å². The first-order valence-corrected chi connectivity index (χ1v) is 3.56. The van der Waals surface area contributed by atoms with Gasteiger partial charge in [-0.05, 0) is 30.8 Å². The highest BCUT2D eigenvalue weighted by molar-refractivity contribution is 5.56. The van der Waals surface area contributed by atoms with Crippen molar-refractivity contribution in [2.75, 3.05) is 0 Å². The molecule has 0 heterocycles. The molecule has 0 aliphatic carbocycles. The summed E-state index contributed by atoms with van der Waals surface area (Å²) in [6.07, 6.45) is 0.947. The summed E-state index contributed by atoms with van der Waals surface area (Å²) in [6.45, 7) is 5.41. The molecule has 58 valence electrons. The van der Waals surface area contributed by atoms with Crippen molar-refractivity contribution in [3.05, 3.63) is 23.8 Å². The van der Waals surface area contributed by atoms with Gasteiger partial charge in [-0.2, -0.15) is 0 Å². The topological polar surface area (TPSA) is 32.6 Å². The molecule has 0 bridgehead atoms. The van der Waals surface area contributed by atoms with E-state index in [0.29, 0.717) is 5.69 Å². The molecule has 0 aromatic heterocycles. The molecule has 0 fully saturated rings. The molecule has 1 rings (SSSR count). The molecular weight excluding hydrogens is 138 g/mol. The summed E-state index contributed by atoms with van der Waals surface area (Å²) in [6, 6.07) is 5.36. The van der Waals surface area contributed by atoms with Gasteiger partial charge in [-0.3, -0.25) is 4.99 Å². The van der Waals surface area contributed by atoms with Crippen molar-refractivity contribution in [2.45, 2.75) is 13.3 Å². The second kappa shape index (κ2) is 3.19. The third kappa shape index (κ3) is 1.58. The van der Waals surface area contributed by atoms with Crippen LogP contribution in [0.15, 0.2) is 23.2 Å². The predicted molar refractivity (Wildman–Crippen MR) is 46.7 cm³/mol. The third-order valence-electron chi connectivity index (χ3n) is 1.62. The lowest BCUT2D eigenvalue weighted by Crippen LogP contribution is -1.77. The molecule has 0 saturated carbocycles. The lowest BCUT2D eigenvalue weighted by molar-refractivity contribution is 0.477. The number of phenols is 1. The fourth-order valence-corrected chi connectivity index (χ4v) is 0.916. The molecule has 0 aliphatic rings. The zero-order valence-electron chi connectivity index (χ0n) is 6.54. The van der Waals surface area contributed by atoms with Gasteiger partial charge in [-0.1, -0.05) is 13.0 Å². The Balaban J connectivity index is 3.12. The Hall–Kier alpha value is -1.31. The standard InChI is InChI=1S/C9H11NO/c1-3-7-4-5-9(11)8(6-7)10-2/h4-6,11H,2-3H2,1H3. The van der Waals surface area contributed by atoms with Crippen molar-refractivity contribution < 1.29 is 5.11 Å². The van der Waals surface area contributed by atoms with E-state index in [4.69, 9.17) is 0 Å². The average molecular weight is 149 g/mol. The van der Waals surface area contributed by atoms with Gasteiger partial charge in [0.05, 0.1) is 0 Å². The predicted octanol–water partition coefficient (Wildman–Crippen LogP) is 2.29. The van der Waals surface area contributed by atoms with Gasteiger partial charge in [0.25, 0.3) is 0 Å². The Morgan fingerprint density at radius 1 is 1.55 bits per heavy atom. The van der Waals surface area contributed by atoms with E-state index in [2.05, 4.69) is 18.6 Å². The molecule has 1 N–H and O–H groups in total. The van der Waals surface area contributed by atoms with E-state index in [1.54, 1.807) is 6.07 Å². The number of aliphatic imine (C=N–C) groups is 1. The number of aromatic hydroxyl groups is 1. The van der Waals surface area contributed by atoms with E-state index in [9.17, 15) is 5.11 Å². The van der Waals surface area contributed by atoms with E-state index >= 15 is 0 Å². The smallest absolute Gasteiger partial charge is 0.141 e. The fraction of sp³-hybridized carbons (Fsp3) is 0.222. The molecule has 0 amide bonds. The number of phenolic OH excluding ortho intramolecular Hbond substituents is 1. The van der Waals surface area contributed by atoms with E-state index in [1.165, 1.54) is 0 Å². The van der Waals surface area contributed by atoms with Gasteiger partial charge < -0.3 is 5.11 Å². The highest BCUT2D eigenvalue weighted by atomic mass is 16.3. The first kappa shape index (κ1) is 7.79. The molecule has 1 aromatic rings. The van der Waals surface area contributed by atoms with E-state index in [1.807, 2.05) is 12.1 Å². The zero-order valence-corrected chi connectivity index (χ0v) is 6.54.